The van der Waals surface area contributed by atoms with Crippen LogP contribution in [0.25, 0.3) is 0 Å². The lowest BCUT2D eigenvalue weighted by molar-refractivity contribution is -0.140. The van der Waals surface area contributed by atoms with Crippen LogP contribution in [0.2, 0.25) is 0 Å². The fourth-order valence-electron chi connectivity index (χ4n) is 2.02. The Kier molecular flexibility index (Phi) is 4.60. The molecule has 0 aromatic rings. The van der Waals surface area contributed by atoms with Crippen LogP contribution in [0, 0.1) is 0 Å². The molecule has 0 aromatic carbocycles. The van der Waals surface area contributed by atoms with E-state index in [0.29, 0.717) is 19.6 Å². The van der Waals surface area contributed by atoms with Crippen molar-refractivity contribution in [3.63, 3.8) is 0 Å². The van der Waals surface area contributed by atoms with Gasteiger partial charge in [0.15, 0.2) is 0 Å². The molecule has 0 spiro atoms. The van der Waals surface area contributed by atoms with E-state index >= 15 is 0 Å². The van der Waals surface area contributed by atoms with Crippen molar-refractivity contribution in [2.45, 2.75) is 11.7 Å². The summed E-state index contributed by atoms with van der Waals surface area (Å²) in [6, 6.07) is 0. The van der Waals surface area contributed by atoms with Crippen LogP contribution in [0.4, 0.5) is 0 Å². The SMILES string of the molecule is CSC1CCOCN(CCN2C(=O)C=CC2=O)C1=O. The van der Waals surface area contributed by atoms with Gasteiger partial charge < -0.3 is 9.64 Å². The van der Waals surface area contributed by atoms with E-state index in [9.17, 15) is 14.4 Å². The van der Waals surface area contributed by atoms with Gasteiger partial charge in [-0.25, -0.2) is 0 Å². The second-order valence-electron chi connectivity index (χ2n) is 4.31. The zero-order chi connectivity index (χ0) is 13.8. The first-order chi connectivity index (χ1) is 9.13. The molecule has 2 rings (SSSR count). The molecule has 2 heterocycles. The molecule has 0 radical (unpaired) electrons. The van der Waals surface area contributed by atoms with E-state index in [2.05, 4.69) is 0 Å². The predicted octanol–water partition coefficient (Wildman–Crippen LogP) is -0.151. The summed E-state index contributed by atoms with van der Waals surface area (Å²) in [4.78, 5) is 37.7. The highest BCUT2D eigenvalue weighted by Crippen LogP contribution is 2.17. The third-order valence-electron chi connectivity index (χ3n) is 3.14. The maximum absolute atomic E-state index is 12.2. The summed E-state index contributed by atoms with van der Waals surface area (Å²) in [5.74, 6) is -0.638. The van der Waals surface area contributed by atoms with Crippen molar-refractivity contribution in [1.82, 2.24) is 9.80 Å². The fourth-order valence-corrected chi connectivity index (χ4v) is 2.70. The Balaban J connectivity index is 1.92. The minimum atomic E-state index is -0.324. The van der Waals surface area contributed by atoms with Gasteiger partial charge in [0.25, 0.3) is 11.8 Å². The number of thioether (sulfide) groups is 1. The van der Waals surface area contributed by atoms with Crippen molar-refractivity contribution < 1.29 is 19.1 Å². The number of nitrogens with zero attached hydrogens (tertiary/aromatic N) is 2. The molecular weight excluding hydrogens is 268 g/mol. The van der Waals surface area contributed by atoms with Crippen molar-refractivity contribution >= 4 is 29.5 Å². The molecule has 0 aromatic heterocycles. The lowest BCUT2D eigenvalue weighted by atomic mass is 10.3. The Bertz CT molecular complexity index is 406. The first kappa shape index (κ1) is 14.1. The zero-order valence-corrected chi connectivity index (χ0v) is 11.5. The second-order valence-corrected chi connectivity index (χ2v) is 5.35. The lowest BCUT2D eigenvalue weighted by Crippen LogP contribution is -2.43. The number of amides is 3. The van der Waals surface area contributed by atoms with Crippen LogP contribution in [0.15, 0.2) is 12.2 Å². The van der Waals surface area contributed by atoms with E-state index < -0.39 is 0 Å². The molecule has 6 nitrogen and oxygen atoms in total. The number of imide groups is 1. The van der Waals surface area contributed by atoms with E-state index in [1.54, 1.807) is 4.90 Å². The second kappa shape index (κ2) is 6.21. The molecule has 1 atom stereocenters. The quantitative estimate of drug-likeness (QED) is 0.672. The highest BCUT2D eigenvalue weighted by molar-refractivity contribution is 7.99. The molecular formula is C12H16N2O4S. The molecule has 0 saturated carbocycles. The highest BCUT2D eigenvalue weighted by Gasteiger charge is 2.29. The van der Waals surface area contributed by atoms with E-state index in [-0.39, 0.29) is 36.2 Å². The predicted molar refractivity (Wildman–Crippen MR) is 70.3 cm³/mol. The van der Waals surface area contributed by atoms with Crippen LogP contribution in [0.3, 0.4) is 0 Å². The molecule has 1 fully saturated rings. The first-order valence-corrected chi connectivity index (χ1v) is 7.35. The number of rotatable bonds is 4. The van der Waals surface area contributed by atoms with Gasteiger partial charge in [-0.2, -0.15) is 11.8 Å². The third kappa shape index (κ3) is 3.16. The molecule has 19 heavy (non-hydrogen) atoms. The Morgan fingerprint density at radius 2 is 1.95 bits per heavy atom. The fraction of sp³-hybridized carbons (Fsp3) is 0.583. The summed E-state index contributed by atoms with van der Waals surface area (Å²) in [7, 11) is 0. The van der Waals surface area contributed by atoms with E-state index in [1.807, 2.05) is 6.26 Å². The van der Waals surface area contributed by atoms with Gasteiger partial charge in [-0.3, -0.25) is 19.3 Å². The molecule has 2 aliphatic heterocycles. The summed E-state index contributed by atoms with van der Waals surface area (Å²) in [5.41, 5.74) is 0. The van der Waals surface area contributed by atoms with Crippen molar-refractivity contribution in [2.24, 2.45) is 0 Å². The summed E-state index contributed by atoms with van der Waals surface area (Å²) >= 11 is 1.50. The van der Waals surface area contributed by atoms with Gasteiger partial charge in [0.05, 0.1) is 11.9 Å². The van der Waals surface area contributed by atoms with Crippen LogP contribution >= 0.6 is 11.8 Å². The van der Waals surface area contributed by atoms with Gasteiger partial charge >= 0.3 is 0 Å². The van der Waals surface area contributed by atoms with Crippen molar-refractivity contribution in [3.05, 3.63) is 12.2 Å². The Labute approximate surface area is 115 Å². The zero-order valence-electron chi connectivity index (χ0n) is 10.7. The summed E-state index contributed by atoms with van der Waals surface area (Å²) in [6.45, 7) is 1.30. The molecule has 1 unspecified atom stereocenters. The van der Waals surface area contributed by atoms with Crippen molar-refractivity contribution in [2.75, 3.05) is 32.7 Å². The van der Waals surface area contributed by atoms with Gasteiger partial charge in [-0.1, -0.05) is 0 Å². The first-order valence-electron chi connectivity index (χ1n) is 6.06. The molecule has 3 amide bonds. The van der Waals surface area contributed by atoms with E-state index in [0.717, 1.165) is 4.90 Å². The standard InChI is InChI=1S/C12H16N2O4S/c1-19-9-4-7-18-8-13(12(9)17)5-6-14-10(15)2-3-11(14)16/h2-3,9H,4-8H2,1H3. The van der Waals surface area contributed by atoms with Crippen LogP contribution in [0.1, 0.15) is 6.42 Å². The number of carbonyl (C=O) groups is 3. The van der Waals surface area contributed by atoms with Crippen molar-refractivity contribution in [3.8, 4) is 0 Å². The number of hydrogen-bond acceptors (Lipinski definition) is 5. The molecule has 0 aliphatic carbocycles. The molecule has 2 aliphatic rings. The van der Waals surface area contributed by atoms with Gasteiger partial charge in [0.2, 0.25) is 5.91 Å². The summed E-state index contributed by atoms with van der Waals surface area (Å²) < 4.78 is 5.37. The van der Waals surface area contributed by atoms with Gasteiger partial charge in [-0.05, 0) is 12.7 Å². The lowest BCUT2D eigenvalue weighted by Gasteiger charge is -2.24. The van der Waals surface area contributed by atoms with Gasteiger partial charge in [-0.15, -0.1) is 0 Å². The van der Waals surface area contributed by atoms with Crippen LogP contribution < -0.4 is 0 Å². The number of carbonyl (C=O) groups excluding carboxylic acids is 3. The van der Waals surface area contributed by atoms with Crippen LogP contribution in [-0.2, 0) is 19.1 Å². The Hall–Kier alpha value is -1.34. The summed E-state index contributed by atoms with van der Waals surface area (Å²) in [5, 5.41) is -0.106. The highest BCUT2D eigenvalue weighted by atomic mass is 32.2. The maximum atomic E-state index is 12.2. The third-order valence-corrected chi connectivity index (χ3v) is 4.14. The van der Waals surface area contributed by atoms with E-state index in [4.69, 9.17) is 4.74 Å². The monoisotopic (exact) mass is 284 g/mol. The average Bonchev–Trinajstić information content (AvgIpc) is 2.61. The Morgan fingerprint density at radius 3 is 2.58 bits per heavy atom. The minimum Gasteiger partial charge on any atom is -0.361 e. The van der Waals surface area contributed by atoms with E-state index in [1.165, 1.54) is 23.9 Å². The molecule has 104 valence electrons. The molecule has 1 saturated heterocycles. The van der Waals surface area contributed by atoms with Crippen LogP contribution in [-0.4, -0.2) is 65.5 Å². The minimum absolute atomic E-state index is 0.0112. The number of ether oxygens (including phenoxy) is 1. The maximum Gasteiger partial charge on any atom is 0.253 e. The smallest absolute Gasteiger partial charge is 0.253 e. The van der Waals surface area contributed by atoms with Gasteiger partial charge in [0, 0.05) is 25.2 Å². The molecule has 0 bridgehead atoms. The molecule has 7 heteroatoms. The molecule has 0 N–H and O–H groups in total. The largest absolute Gasteiger partial charge is 0.361 e. The number of hydrogen-bond donors (Lipinski definition) is 0. The van der Waals surface area contributed by atoms with Gasteiger partial charge in [0.1, 0.15) is 6.73 Å². The normalized spacial score (nSPS) is 24.3. The van der Waals surface area contributed by atoms with Crippen molar-refractivity contribution in [1.29, 1.82) is 0 Å². The van der Waals surface area contributed by atoms with Crippen LogP contribution in [0.5, 0.6) is 0 Å². The summed E-state index contributed by atoms with van der Waals surface area (Å²) in [6.07, 6.45) is 5.07. The average molecular weight is 284 g/mol. The topological polar surface area (TPSA) is 66.9 Å². The Morgan fingerprint density at radius 1 is 1.26 bits per heavy atom.